The second-order valence-electron chi connectivity index (χ2n) is 5.84. The molecule has 0 aliphatic heterocycles. The van der Waals surface area contributed by atoms with Gasteiger partial charge in [0.15, 0.2) is 5.11 Å². The van der Waals surface area contributed by atoms with E-state index in [9.17, 15) is 9.59 Å². The summed E-state index contributed by atoms with van der Waals surface area (Å²) in [6, 6.07) is 10.4. The Hall–Kier alpha value is -3.18. The van der Waals surface area contributed by atoms with Crippen LogP contribution in [0.1, 0.15) is 40.5 Å². The molecule has 0 radical (unpaired) electrons. The second-order valence-corrected chi connectivity index (χ2v) is 6.24. The van der Waals surface area contributed by atoms with Gasteiger partial charge in [-0.1, -0.05) is 19.1 Å². The Morgan fingerprint density at radius 3 is 2.70 bits per heavy atom. The molecular formula is C19H20N4O3S. The van der Waals surface area contributed by atoms with Crippen LogP contribution in [-0.2, 0) is 0 Å². The van der Waals surface area contributed by atoms with Crippen molar-refractivity contribution in [1.29, 1.82) is 5.26 Å². The minimum Gasteiger partial charge on any atom is -0.493 e. The molecule has 1 aromatic carbocycles. The minimum atomic E-state index is -0.529. The average molecular weight is 384 g/mol. The Kier molecular flexibility index (Phi) is 6.68. The van der Waals surface area contributed by atoms with Gasteiger partial charge in [-0.25, -0.2) is 4.68 Å². The van der Waals surface area contributed by atoms with Gasteiger partial charge < -0.3 is 4.74 Å². The third-order valence-electron chi connectivity index (χ3n) is 3.73. The minimum absolute atomic E-state index is 0.0144. The largest absolute Gasteiger partial charge is 0.493 e. The third-order valence-corrected chi connectivity index (χ3v) is 3.93. The number of hydrogen-bond acceptors (Lipinski definition) is 5. The van der Waals surface area contributed by atoms with Crippen LogP contribution in [0.15, 0.2) is 35.1 Å². The van der Waals surface area contributed by atoms with Crippen molar-refractivity contribution in [1.82, 2.24) is 9.99 Å². The number of aromatic nitrogens is 1. The van der Waals surface area contributed by atoms with Crippen LogP contribution in [-0.4, -0.2) is 22.3 Å². The highest BCUT2D eigenvalue weighted by Crippen LogP contribution is 2.18. The van der Waals surface area contributed by atoms with E-state index in [2.05, 4.69) is 10.7 Å². The van der Waals surface area contributed by atoms with Crippen molar-refractivity contribution in [2.75, 3.05) is 12.0 Å². The van der Waals surface area contributed by atoms with Crippen molar-refractivity contribution in [3.8, 4) is 11.8 Å². The molecule has 0 aliphatic carbocycles. The zero-order valence-electron chi connectivity index (χ0n) is 15.3. The normalized spacial score (nSPS) is 10.0. The number of carbonyl (C=O) groups is 1. The first-order valence-electron chi connectivity index (χ1n) is 8.36. The lowest BCUT2D eigenvalue weighted by atomic mass is 10.1. The number of nitrogens with zero attached hydrogens (tertiary/aromatic N) is 2. The maximum Gasteiger partial charge on any atom is 0.287 e. The molecular weight excluding hydrogens is 364 g/mol. The number of aryl methyl sites for hydroxylation is 2. The Morgan fingerprint density at radius 2 is 2.04 bits per heavy atom. The Labute approximate surface area is 162 Å². The van der Waals surface area contributed by atoms with Crippen molar-refractivity contribution in [3.05, 3.63) is 63.1 Å². The summed E-state index contributed by atoms with van der Waals surface area (Å²) in [5.41, 5.74) is 3.61. The molecule has 0 saturated heterocycles. The fourth-order valence-corrected chi connectivity index (χ4v) is 2.64. The first kappa shape index (κ1) is 20.1. The second kappa shape index (κ2) is 8.96. The van der Waals surface area contributed by atoms with Gasteiger partial charge in [0.05, 0.1) is 12.2 Å². The van der Waals surface area contributed by atoms with Gasteiger partial charge in [0.1, 0.15) is 17.4 Å². The molecule has 0 unspecified atom stereocenters. The molecule has 140 valence electrons. The molecule has 0 bridgehead atoms. The first-order chi connectivity index (χ1) is 12.9. The quantitative estimate of drug-likeness (QED) is 0.769. The molecule has 0 fully saturated rings. The van der Waals surface area contributed by atoms with E-state index >= 15 is 0 Å². The van der Waals surface area contributed by atoms with Gasteiger partial charge in [0.25, 0.3) is 11.5 Å². The number of carbonyl (C=O) groups excluding carboxylic acids is 1. The van der Waals surface area contributed by atoms with Crippen LogP contribution < -0.4 is 21.0 Å². The third kappa shape index (κ3) is 4.71. The topological polar surface area (TPSA) is 96.2 Å². The van der Waals surface area contributed by atoms with E-state index in [4.69, 9.17) is 22.2 Å². The van der Waals surface area contributed by atoms with E-state index in [-0.39, 0.29) is 10.7 Å². The van der Waals surface area contributed by atoms with Crippen LogP contribution >= 0.6 is 12.2 Å². The monoisotopic (exact) mass is 384 g/mol. The lowest BCUT2D eigenvalue weighted by molar-refractivity contribution is 0.0973. The molecule has 7 nitrogen and oxygen atoms in total. The van der Waals surface area contributed by atoms with Crippen LogP contribution in [0.2, 0.25) is 0 Å². The van der Waals surface area contributed by atoms with Crippen LogP contribution in [0.3, 0.4) is 0 Å². The number of rotatable bonds is 5. The Morgan fingerprint density at radius 1 is 1.33 bits per heavy atom. The first-order valence-corrected chi connectivity index (χ1v) is 8.77. The molecule has 8 heteroatoms. The zero-order valence-corrected chi connectivity index (χ0v) is 16.1. The summed E-state index contributed by atoms with van der Waals surface area (Å²) in [5.74, 6) is -0.00683. The summed E-state index contributed by atoms with van der Waals surface area (Å²) in [5, 5.41) is 11.6. The highest BCUT2D eigenvalue weighted by Gasteiger charge is 2.15. The number of para-hydroxylation sites is 1. The predicted molar refractivity (Wildman–Crippen MR) is 107 cm³/mol. The van der Waals surface area contributed by atoms with Crippen LogP contribution in [0.25, 0.3) is 0 Å². The highest BCUT2D eigenvalue weighted by molar-refractivity contribution is 7.80. The molecule has 2 aromatic rings. The predicted octanol–water partition coefficient (Wildman–Crippen LogP) is 2.38. The smallest absolute Gasteiger partial charge is 0.287 e. The van der Waals surface area contributed by atoms with Gasteiger partial charge in [-0.3, -0.25) is 20.3 Å². The lowest BCUT2D eigenvalue weighted by Crippen LogP contribution is -2.43. The van der Waals surface area contributed by atoms with Crippen molar-refractivity contribution in [3.63, 3.8) is 0 Å². The van der Waals surface area contributed by atoms with Gasteiger partial charge in [-0.05, 0) is 56.2 Å². The van der Waals surface area contributed by atoms with E-state index < -0.39 is 11.5 Å². The molecule has 1 amide bonds. The number of nitrogens with one attached hydrogen (secondary N) is 2. The lowest BCUT2D eigenvalue weighted by Gasteiger charge is -2.16. The van der Waals surface area contributed by atoms with Gasteiger partial charge in [-0.15, -0.1) is 0 Å². The number of amides is 1. The number of thiocarbonyl (C=S) groups is 1. The molecule has 2 N–H and O–H groups in total. The van der Waals surface area contributed by atoms with Crippen LogP contribution in [0, 0.1) is 25.2 Å². The molecule has 1 heterocycles. The molecule has 1 aromatic heterocycles. The van der Waals surface area contributed by atoms with Gasteiger partial charge in [0, 0.05) is 5.69 Å². The number of benzene rings is 1. The summed E-state index contributed by atoms with van der Waals surface area (Å²) in [6.45, 7) is 5.84. The van der Waals surface area contributed by atoms with Crippen molar-refractivity contribution in [2.45, 2.75) is 27.2 Å². The van der Waals surface area contributed by atoms with Crippen molar-refractivity contribution < 1.29 is 9.53 Å². The molecule has 0 spiro atoms. The van der Waals surface area contributed by atoms with E-state index in [0.29, 0.717) is 29.2 Å². The average Bonchev–Trinajstić information content (AvgIpc) is 2.63. The zero-order chi connectivity index (χ0) is 20.0. The SMILES string of the molecule is CCCOc1ccccc1C(=O)NC(=S)Nn1c(C)cc(C)c(C#N)c1=O. The fraction of sp³-hybridized carbons (Fsp3) is 0.263. The molecule has 0 atom stereocenters. The van der Waals surface area contributed by atoms with Gasteiger partial charge in [-0.2, -0.15) is 5.26 Å². The number of ether oxygens (including phenoxy) is 1. The van der Waals surface area contributed by atoms with Crippen molar-refractivity contribution in [2.24, 2.45) is 0 Å². The molecule has 0 saturated carbocycles. The maximum atomic E-state index is 12.5. The van der Waals surface area contributed by atoms with Crippen LogP contribution in [0.5, 0.6) is 5.75 Å². The van der Waals surface area contributed by atoms with E-state index in [1.807, 2.05) is 13.0 Å². The standard InChI is InChI=1S/C19H20N4O3S/c1-4-9-26-16-8-6-5-7-14(16)17(24)21-19(27)22-23-13(3)10-12(2)15(11-20)18(23)25/h5-8,10H,4,9H2,1-3H3,(H2,21,22,24,27). The summed E-state index contributed by atoms with van der Waals surface area (Å²) in [4.78, 5) is 24.9. The Bertz CT molecular complexity index is 976. The van der Waals surface area contributed by atoms with Gasteiger partial charge >= 0.3 is 0 Å². The molecule has 0 aliphatic rings. The summed E-state index contributed by atoms with van der Waals surface area (Å²) < 4.78 is 6.71. The van der Waals surface area contributed by atoms with Crippen molar-refractivity contribution >= 4 is 23.2 Å². The van der Waals surface area contributed by atoms with E-state index in [1.165, 1.54) is 0 Å². The highest BCUT2D eigenvalue weighted by atomic mass is 32.1. The van der Waals surface area contributed by atoms with E-state index in [0.717, 1.165) is 11.1 Å². The van der Waals surface area contributed by atoms with Gasteiger partial charge in [0.2, 0.25) is 0 Å². The molecule has 2 rings (SSSR count). The maximum absolute atomic E-state index is 12.5. The number of hydrogen-bond donors (Lipinski definition) is 2. The Balaban J connectivity index is 2.19. The summed E-state index contributed by atoms with van der Waals surface area (Å²) >= 11 is 5.15. The number of nitriles is 1. The number of pyridine rings is 1. The molecule has 27 heavy (non-hydrogen) atoms. The van der Waals surface area contributed by atoms with E-state index in [1.54, 1.807) is 44.2 Å². The summed E-state index contributed by atoms with van der Waals surface area (Å²) in [6.07, 6.45) is 0.812. The fourth-order valence-electron chi connectivity index (χ4n) is 2.46. The van der Waals surface area contributed by atoms with Crippen LogP contribution in [0.4, 0.5) is 0 Å². The summed E-state index contributed by atoms with van der Waals surface area (Å²) in [7, 11) is 0.